The molecule has 0 spiro atoms. The topological polar surface area (TPSA) is 110 Å². The molecule has 0 aromatic heterocycles. The predicted octanol–water partition coefficient (Wildman–Crippen LogP) is 1.40. The van der Waals surface area contributed by atoms with Crippen LogP contribution in [0, 0.1) is 10.1 Å². The Hall–Kier alpha value is -2.70. The Morgan fingerprint density at radius 1 is 1.29 bits per heavy atom. The Morgan fingerprint density at radius 3 is 2.35 bits per heavy atom. The standard InChI is InChI=1S/C10H8N2O5/c13-9(11-10(14)15)6-3-7-1-4-8(5-2-7)12(16)17/h1-6H,(H,11,13)(H,14,15)/b6-3+. The van der Waals surface area contributed by atoms with Gasteiger partial charge in [0.15, 0.2) is 0 Å². The molecule has 7 nitrogen and oxygen atoms in total. The molecule has 0 aliphatic rings. The molecule has 0 aliphatic carbocycles. The van der Waals surface area contributed by atoms with Crippen molar-refractivity contribution in [1.82, 2.24) is 5.32 Å². The van der Waals surface area contributed by atoms with Crippen LogP contribution < -0.4 is 5.32 Å². The molecule has 2 N–H and O–H groups in total. The van der Waals surface area contributed by atoms with E-state index in [4.69, 9.17) is 5.11 Å². The molecule has 0 radical (unpaired) electrons. The third-order valence-electron chi connectivity index (χ3n) is 1.76. The molecular formula is C10H8N2O5. The molecule has 0 heterocycles. The van der Waals surface area contributed by atoms with E-state index in [1.165, 1.54) is 30.3 Å². The summed E-state index contributed by atoms with van der Waals surface area (Å²) in [4.78, 5) is 30.8. The minimum absolute atomic E-state index is 0.0582. The second-order valence-corrected chi connectivity index (χ2v) is 2.98. The van der Waals surface area contributed by atoms with Crippen LogP contribution in [0.3, 0.4) is 0 Å². The van der Waals surface area contributed by atoms with Gasteiger partial charge in [0.05, 0.1) is 4.92 Å². The highest BCUT2D eigenvalue weighted by molar-refractivity contribution is 6.00. The fraction of sp³-hybridized carbons (Fsp3) is 0. The maximum Gasteiger partial charge on any atom is 0.411 e. The van der Waals surface area contributed by atoms with Crippen LogP contribution in [0.15, 0.2) is 30.3 Å². The monoisotopic (exact) mass is 236 g/mol. The molecule has 1 aromatic carbocycles. The van der Waals surface area contributed by atoms with Gasteiger partial charge in [-0.2, -0.15) is 0 Å². The van der Waals surface area contributed by atoms with Gasteiger partial charge in [0, 0.05) is 18.2 Å². The summed E-state index contributed by atoms with van der Waals surface area (Å²) in [6.07, 6.45) is 0.931. The molecule has 1 aromatic rings. The maximum absolute atomic E-state index is 10.9. The number of amides is 2. The minimum atomic E-state index is -1.44. The molecule has 0 unspecified atom stereocenters. The zero-order valence-corrected chi connectivity index (χ0v) is 8.49. The number of benzene rings is 1. The predicted molar refractivity (Wildman–Crippen MR) is 58.3 cm³/mol. The molecule has 0 atom stereocenters. The van der Waals surface area contributed by atoms with Crippen molar-refractivity contribution in [2.75, 3.05) is 0 Å². The molecule has 17 heavy (non-hydrogen) atoms. The van der Waals surface area contributed by atoms with Gasteiger partial charge in [0.1, 0.15) is 0 Å². The van der Waals surface area contributed by atoms with Crippen molar-refractivity contribution >= 4 is 23.8 Å². The van der Waals surface area contributed by atoms with Crippen LogP contribution in [0.25, 0.3) is 6.08 Å². The van der Waals surface area contributed by atoms with E-state index in [1.807, 2.05) is 0 Å². The second kappa shape index (κ2) is 5.40. The van der Waals surface area contributed by atoms with E-state index in [9.17, 15) is 19.7 Å². The van der Waals surface area contributed by atoms with E-state index < -0.39 is 16.9 Å². The van der Waals surface area contributed by atoms with Crippen molar-refractivity contribution in [3.05, 3.63) is 46.0 Å². The number of non-ortho nitro benzene ring substituents is 1. The molecule has 0 fully saturated rings. The van der Waals surface area contributed by atoms with Crippen molar-refractivity contribution in [2.24, 2.45) is 0 Å². The van der Waals surface area contributed by atoms with Gasteiger partial charge in [-0.15, -0.1) is 0 Å². The Labute approximate surface area is 95.5 Å². The van der Waals surface area contributed by atoms with Gasteiger partial charge < -0.3 is 5.11 Å². The lowest BCUT2D eigenvalue weighted by atomic mass is 10.2. The normalized spacial score (nSPS) is 10.1. The van der Waals surface area contributed by atoms with Gasteiger partial charge in [0.25, 0.3) is 11.6 Å². The largest absolute Gasteiger partial charge is 0.465 e. The molecule has 2 amide bonds. The summed E-state index contributed by atoms with van der Waals surface area (Å²) in [6.45, 7) is 0. The second-order valence-electron chi connectivity index (χ2n) is 2.98. The molecule has 0 saturated carbocycles. The number of rotatable bonds is 3. The van der Waals surface area contributed by atoms with E-state index in [0.29, 0.717) is 5.56 Å². The number of hydrogen-bond acceptors (Lipinski definition) is 4. The lowest BCUT2D eigenvalue weighted by molar-refractivity contribution is -0.384. The Balaban J connectivity index is 2.69. The van der Waals surface area contributed by atoms with E-state index in [0.717, 1.165) is 6.08 Å². The molecule has 0 aliphatic heterocycles. The summed E-state index contributed by atoms with van der Waals surface area (Å²) in [6, 6.07) is 5.47. The number of imide groups is 1. The van der Waals surface area contributed by atoms with Gasteiger partial charge in [0.2, 0.25) is 0 Å². The number of nitro groups is 1. The number of carbonyl (C=O) groups is 2. The number of hydrogen-bond donors (Lipinski definition) is 2. The van der Waals surface area contributed by atoms with Crippen molar-refractivity contribution < 1.29 is 19.6 Å². The van der Waals surface area contributed by atoms with Crippen LogP contribution in [0.1, 0.15) is 5.56 Å². The summed E-state index contributed by atoms with van der Waals surface area (Å²) >= 11 is 0. The SMILES string of the molecule is O=C(O)NC(=O)/C=C/c1ccc([N+](=O)[O-])cc1. The zero-order valence-electron chi connectivity index (χ0n) is 8.49. The first-order valence-corrected chi connectivity index (χ1v) is 4.45. The van der Waals surface area contributed by atoms with Crippen molar-refractivity contribution in [1.29, 1.82) is 0 Å². The summed E-state index contributed by atoms with van der Waals surface area (Å²) in [5, 5.41) is 20.2. The number of nitrogens with one attached hydrogen (secondary N) is 1. The van der Waals surface area contributed by atoms with Gasteiger partial charge in [-0.1, -0.05) is 0 Å². The van der Waals surface area contributed by atoms with Crippen molar-refractivity contribution in [3.63, 3.8) is 0 Å². The smallest absolute Gasteiger partial charge is 0.411 e. The van der Waals surface area contributed by atoms with Gasteiger partial charge in [-0.05, 0) is 23.8 Å². The quantitative estimate of drug-likeness (QED) is 0.468. The fourth-order valence-corrected chi connectivity index (χ4v) is 1.03. The van der Waals surface area contributed by atoms with Crippen LogP contribution >= 0.6 is 0 Å². The van der Waals surface area contributed by atoms with Crippen LogP contribution in [0.4, 0.5) is 10.5 Å². The van der Waals surface area contributed by atoms with Crippen LogP contribution in [-0.4, -0.2) is 22.0 Å². The molecule has 0 bridgehead atoms. The fourth-order valence-electron chi connectivity index (χ4n) is 1.03. The number of carboxylic acid groups (broad SMARTS) is 1. The lowest BCUT2D eigenvalue weighted by Crippen LogP contribution is -2.26. The molecular weight excluding hydrogens is 228 g/mol. The van der Waals surface area contributed by atoms with Gasteiger partial charge in [-0.25, -0.2) is 4.79 Å². The first-order valence-electron chi connectivity index (χ1n) is 4.45. The third-order valence-corrected chi connectivity index (χ3v) is 1.76. The van der Waals surface area contributed by atoms with Gasteiger partial charge in [-0.3, -0.25) is 20.2 Å². The van der Waals surface area contributed by atoms with Gasteiger partial charge >= 0.3 is 6.09 Å². The molecule has 7 heteroatoms. The van der Waals surface area contributed by atoms with Crippen LogP contribution in [0.2, 0.25) is 0 Å². The Kier molecular flexibility index (Phi) is 3.93. The minimum Gasteiger partial charge on any atom is -0.465 e. The maximum atomic E-state index is 10.9. The van der Waals surface area contributed by atoms with E-state index in [-0.39, 0.29) is 5.69 Å². The average molecular weight is 236 g/mol. The number of nitrogens with zero attached hydrogens (tertiary/aromatic N) is 1. The summed E-state index contributed by atoms with van der Waals surface area (Å²) < 4.78 is 0. The van der Waals surface area contributed by atoms with E-state index >= 15 is 0 Å². The Bertz CT molecular complexity index is 478. The summed E-state index contributed by atoms with van der Waals surface area (Å²) in [7, 11) is 0. The van der Waals surface area contributed by atoms with E-state index in [2.05, 4.69) is 0 Å². The highest BCUT2D eigenvalue weighted by Gasteiger charge is 2.03. The lowest BCUT2D eigenvalue weighted by Gasteiger charge is -1.94. The van der Waals surface area contributed by atoms with Crippen molar-refractivity contribution in [2.45, 2.75) is 0 Å². The summed E-state index contributed by atoms with van der Waals surface area (Å²) in [5.74, 6) is -0.782. The van der Waals surface area contributed by atoms with Crippen LogP contribution in [-0.2, 0) is 4.79 Å². The average Bonchev–Trinajstić information content (AvgIpc) is 2.26. The zero-order chi connectivity index (χ0) is 12.8. The molecule has 88 valence electrons. The highest BCUT2D eigenvalue weighted by Crippen LogP contribution is 2.12. The first kappa shape index (κ1) is 12.4. The van der Waals surface area contributed by atoms with Crippen LogP contribution in [0.5, 0.6) is 0 Å². The summed E-state index contributed by atoms with van der Waals surface area (Å²) in [5.41, 5.74) is 0.494. The first-order chi connectivity index (χ1) is 7.99. The highest BCUT2D eigenvalue weighted by atomic mass is 16.6. The molecule has 0 saturated heterocycles. The molecule has 1 rings (SSSR count). The number of carbonyl (C=O) groups excluding carboxylic acids is 1. The third kappa shape index (κ3) is 4.12. The van der Waals surface area contributed by atoms with E-state index in [1.54, 1.807) is 5.32 Å². The Morgan fingerprint density at radius 2 is 1.88 bits per heavy atom. The number of nitro benzene ring substituents is 1. The van der Waals surface area contributed by atoms with Crippen molar-refractivity contribution in [3.8, 4) is 0 Å².